The number of aliphatic hydroxyl groups excluding tert-OH is 1. The molecule has 2 unspecified atom stereocenters. The van der Waals surface area contributed by atoms with Crippen molar-refractivity contribution in [3.05, 3.63) is 0 Å². The van der Waals surface area contributed by atoms with E-state index < -0.39 is 0 Å². The van der Waals surface area contributed by atoms with Crippen LogP contribution < -0.4 is 11.1 Å². The molecule has 0 aliphatic heterocycles. The third-order valence-electron chi connectivity index (χ3n) is 2.91. The van der Waals surface area contributed by atoms with Crippen LogP contribution in [0.4, 0.5) is 0 Å². The monoisotopic (exact) mass is 231 g/mol. The quantitative estimate of drug-likeness (QED) is 0.216. The Balaban J connectivity index is 3.86. The summed E-state index contributed by atoms with van der Waals surface area (Å²) in [6.45, 7) is 6.65. The second-order valence-electron chi connectivity index (χ2n) is 4.25. The summed E-state index contributed by atoms with van der Waals surface area (Å²) in [6, 6.07) is 0.0971. The van der Waals surface area contributed by atoms with Crippen LogP contribution in [-0.4, -0.2) is 34.8 Å². The summed E-state index contributed by atoms with van der Waals surface area (Å²) in [5, 5.41) is 24.4. The molecule has 96 valence electrons. The van der Waals surface area contributed by atoms with E-state index in [0.29, 0.717) is 18.9 Å². The topological polar surface area (TPSA) is 90.9 Å². The fourth-order valence-corrected chi connectivity index (χ4v) is 1.75. The summed E-state index contributed by atoms with van der Waals surface area (Å²) < 4.78 is 0. The van der Waals surface area contributed by atoms with Crippen molar-refractivity contribution in [1.29, 1.82) is 0 Å². The Morgan fingerprint density at radius 3 is 2.38 bits per heavy atom. The Bertz CT molecular complexity index is 205. The number of nitrogens with zero attached hydrogens (tertiary/aromatic N) is 1. The van der Waals surface area contributed by atoms with E-state index in [2.05, 4.69) is 24.3 Å². The van der Waals surface area contributed by atoms with Gasteiger partial charge in [0.2, 0.25) is 0 Å². The average Bonchev–Trinajstić information content (AvgIpc) is 2.27. The van der Waals surface area contributed by atoms with Gasteiger partial charge in [0, 0.05) is 19.0 Å². The Hall–Kier alpha value is -0.810. The van der Waals surface area contributed by atoms with Crippen molar-refractivity contribution in [3.8, 4) is 0 Å². The maximum atomic E-state index is 9.88. The molecule has 0 saturated carbocycles. The minimum absolute atomic E-state index is 0.0971. The predicted octanol–water partition coefficient (Wildman–Crippen LogP) is 0.898. The van der Waals surface area contributed by atoms with E-state index in [4.69, 9.17) is 10.9 Å². The van der Waals surface area contributed by atoms with Gasteiger partial charge in [-0.05, 0) is 12.8 Å². The van der Waals surface area contributed by atoms with Gasteiger partial charge in [-0.25, -0.2) is 0 Å². The van der Waals surface area contributed by atoms with Crippen molar-refractivity contribution in [2.45, 2.75) is 52.2 Å². The smallest absolute Gasteiger partial charge is 0.140 e. The maximum absolute atomic E-state index is 9.88. The van der Waals surface area contributed by atoms with Crippen molar-refractivity contribution in [1.82, 2.24) is 5.32 Å². The predicted molar refractivity (Wildman–Crippen MR) is 65.6 cm³/mol. The van der Waals surface area contributed by atoms with Gasteiger partial charge in [0.25, 0.3) is 0 Å². The molecule has 0 aromatic rings. The molecule has 0 fully saturated rings. The molecule has 0 aliphatic rings. The van der Waals surface area contributed by atoms with Gasteiger partial charge in [0.1, 0.15) is 5.84 Å². The number of hydrogen-bond acceptors (Lipinski definition) is 4. The highest BCUT2D eigenvalue weighted by atomic mass is 16.4. The number of nitrogens with one attached hydrogen (secondary N) is 1. The molecule has 0 radical (unpaired) electrons. The van der Waals surface area contributed by atoms with Crippen LogP contribution in [0.2, 0.25) is 0 Å². The molecule has 5 nitrogen and oxygen atoms in total. The zero-order chi connectivity index (χ0) is 12.6. The van der Waals surface area contributed by atoms with Gasteiger partial charge in [-0.2, -0.15) is 0 Å². The molecule has 5 N–H and O–H groups in total. The lowest BCUT2D eigenvalue weighted by Crippen LogP contribution is -2.39. The van der Waals surface area contributed by atoms with Crippen molar-refractivity contribution in [2.24, 2.45) is 16.8 Å². The Labute approximate surface area is 97.7 Å². The van der Waals surface area contributed by atoms with Gasteiger partial charge >= 0.3 is 0 Å². The van der Waals surface area contributed by atoms with Crippen LogP contribution >= 0.6 is 0 Å². The lowest BCUT2D eigenvalue weighted by atomic mass is 9.96. The van der Waals surface area contributed by atoms with Crippen LogP contribution in [0.15, 0.2) is 5.16 Å². The van der Waals surface area contributed by atoms with Gasteiger partial charge in [-0.1, -0.05) is 31.8 Å². The van der Waals surface area contributed by atoms with Crippen LogP contribution in [0.25, 0.3) is 0 Å². The van der Waals surface area contributed by atoms with Crippen molar-refractivity contribution in [2.75, 3.05) is 6.54 Å². The van der Waals surface area contributed by atoms with Gasteiger partial charge in [-0.3, -0.25) is 0 Å². The first-order valence-electron chi connectivity index (χ1n) is 5.92. The fraction of sp³-hybridized carbons (Fsp3) is 0.909. The number of aliphatic hydroxyl groups is 1. The van der Waals surface area contributed by atoms with Crippen LogP contribution in [-0.2, 0) is 0 Å². The molecule has 2 atom stereocenters. The van der Waals surface area contributed by atoms with E-state index in [1.54, 1.807) is 0 Å². The molecule has 0 amide bonds. The summed E-state index contributed by atoms with van der Waals surface area (Å²) in [6.07, 6.45) is 2.11. The SMILES string of the molecule is CCC(CC)C(O)CNC(C)CC(N)=NO. The maximum Gasteiger partial charge on any atom is 0.140 e. The Morgan fingerprint density at radius 2 is 1.94 bits per heavy atom. The van der Waals surface area contributed by atoms with Crippen LogP contribution in [0.5, 0.6) is 0 Å². The van der Waals surface area contributed by atoms with Crippen LogP contribution in [0, 0.1) is 5.92 Å². The van der Waals surface area contributed by atoms with Gasteiger partial charge in [0.05, 0.1) is 6.10 Å². The summed E-state index contributed by atoms with van der Waals surface area (Å²) in [7, 11) is 0. The molecule has 16 heavy (non-hydrogen) atoms. The molecular weight excluding hydrogens is 206 g/mol. The fourth-order valence-electron chi connectivity index (χ4n) is 1.75. The molecule has 0 aromatic heterocycles. The van der Waals surface area contributed by atoms with Crippen LogP contribution in [0.1, 0.15) is 40.0 Å². The molecule has 0 rings (SSSR count). The largest absolute Gasteiger partial charge is 0.409 e. The standard InChI is InChI=1S/C11H25N3O2/c1-4-9(5-2)10(15)7-13-8(3)6-11(12)14-16/h8-10,13,15-16H,4-7H2,1-3H3,(H2,12,14). The van der Waals surface area contributed by atoms with Gasteiger partial charge in [-0.15, -0.1) is 0 Å². The molecule has 0 heterocycles. The second kappa shape index (κ2) is 8.35. The normalized spacial score (nSPS) is 16.4. The summed E-state index contributed by atoms with van der Waals surface area (Å²) >= 11 is 0. The number of hydrogen-bond donors (Lipinski definition) is 4. The highest BCUT2D eigenvalue weighted by Gasteiger charge is 2.16. The van der Waals surface area contributed by atoms with E-state index >= 15 is 0 Å². The van der Waals surface area contributed by atoms with E-state index in [1.165, 1.54) is 0 Å². The third kappa shape index (κ3) is 5.92. The number of oxime groups is 1. The molecule has 5 heteroatoms. The lowest BCUT2D eigenvalue weighted by molar-refractivity contribution is 0.0990. The lowest BCUT2D eigenvalue weighted by Gasteiger charge is -2.22. The molecule has 0 bridgehead atoms. The van der Waals surface area contributed by atoms with Crippen molar-refractivity contribution >= 4 is 5.84 Å². The highest BCUT2D eigenvalue weighted by molar-refractivity contribution is 5.80. The summed E-state index contributed by atoms with van der Waals surface area (Å²) in [5.74, 6) is 0.542. The molecule has 0 saturated heterocycles. The molecule has 0 aliphatic carbocycles. The van der Waals surface area contributed by atoms with E-state index in [9.17, 15) is 5.11 Å². The zero-order valence-electron chi connectivity index (χ0n) is 10.5. The van der Waals surface area contributed by atoms with E-state index in [0.717, 1.165) is 12.8 Å². The molecular formula is C11H25N3O2. The average molecular weight is 231 g/mol. The summed E-state index contributed by atoms with van der Waals surface area (Å²) in [4.78, 5) is 0. The van der Waals surface area contributed by atoms with Gasteiger partial charge in [0.15, 0.2) is 0 Å². The number of amidine groups is 1. The first-order chi connectivity index (χ1) is 7.54. The first kappa shape index (κ1) is 15.2. The van der Waals surface area contributed by atoms with E-state index in [1.807, 2.05) is 6.92 Å². The minimum Gasteiger partial charge on any atom is -0.409 e. The first-order valence-corrected chi connectivity index (χ1v) is 5.92. The molecule has 0 spiro atoms. The van der Waals surface area contributed by atoms with Crippen molar-refractivity contribution < 1.29 is 10.3 Å². The molecule has 0 aromatic carbocycles. The third-order valence-corrected chi connectivity index (χ3v) is 2.91. The van der Waals surface area contributed by atoms with E-state index in [-0.39, 0.29) is 18.0 Å². The number of nitrogens with two attached hydrogens (primary N) is 1. The summed E-state index contributed by atoms with van der Waals surface area (Å²) in [5.41, 5.74) is 5.39. The van der Waals surface area contributed by atoms with Crippen molar-refractivity contribution in [3.63, 3.8) is 0 Å². The Kier molecular flexibility index (Phi) is 7.93. The van der Waals surface area contributed by atoms with Crippen LogP contribution in [0.3, 0.4) is 0 Å². The highest BCUT2D eigenvalue weighted by Crippen LogP contribution is 2.12. The Morgan fingerprint density at radius 1 is 1.38 bits per heavy atom. The second-order valence-corrected chi connectivity index (χ2v) is 4.25. The number of rotatable bonds is 8. The minimum atomic E-state index is -0.329. The zero-order valence-corrected chi connectivity index (χ0v) is 10.5. The van der Waals surface area contributed by atoms with Gasteiger partial charge < -0.3 is 21.4 Å².